The molecule has 0 saturated heterocycles. The van der Waals surface area contributed by atoms with E-state index in [-0.39, 0.29) is 27.7 Å². The first kappa shape index (κ1) is 93.8. The van der Waals surface area contributed by atoms with Crippen molar-refractivity contribution < 1.29 is 0 Å². The number of rotatable bonds is 21. The van der Waals surface area contributed by atoms with E-state index >= 15 is 0 Å². The largest absolute Gasteiger partial charge is 0.361 e. The molecular formula is C104H156N8. The molecule has 0 aliphatic rings. The van der Waals surface area contributed by atoms with Gasteiger partial charge in [0.25, 0.3) is 0 Å². The number of aryl methyl sites for hydroxylation is 1. The lowest BCUT2D eigenvalue weighted by molar-refractivity contribution is 0.108. The van der Waals surface area contributed by atoms with Gasteiger partial charge in [0.15, 0.2) is 0 Å². The van der Waals surface area contributed by atoms with Gasteiger partial charge in [-0.25, -0.2) is 4.98 Å². The standard InChI is InChI=1S/C22H33N.C21H32N2.2C21H31N.C19H29N3/c1-17-12-13-18(20-11-9-8-10-19(17)20)16-23(22(5,6)7)15-14-21(2,3)4;1-20(2,3)13-15-23(21(4,5)6)16-17-9-11-18(12-10-17)19-8-7-14-22-19;2*1-20(2,3)14-15-22(21(4,5)6)16-18-12-9-11-17-10-7-8-13-19(17)18;1-18(2,3)11-12-22(19(4,5)6)14-15-13-20-16-9-7-8-10-17(16)21-15/h8-13H,14-16H2,1-7H3;7-12,14,22H,13,15-16H2,1-6H3;2*7-13H,14-16H2,1-6H3;7-10,13H,11-12,14H2,1-6H3. The lowest BCUT2D eigenvalue weighted by Crippen LogP contribution is -2.42. The minimum Gasteiger partial charge on any atom is -0.361 e. The van der Waals surface area contributed by atoms with Gasteiger partial charge < -0.3 is 4.98 Å². The lowest BCUT2D eigenvalue weighted by Gasteiger charge is -2.37. The lowest BCUT2D eigenvalue weighted by atomic mass is 9.90. The van der Waals surface area contributed by atoms with Crippen LogP contribution in [0, 0.1) is 34.0 Å². The third-order valence-corrected chi connectivity index (χ3v) is 21.6. The Morgan fingerprint density at radius 1 is 0.286 bits per heavy atom. The molecule has 0 bridgehead atoms. The molecule has 10 aromatic rings. The number of H-pyrrole nitrogens is 1. The van der Waals surface area contributed by atoms with Gasteiger partial charge in [-0.2, -0.15) is 0 Å². The molecule has 2 heterocycles. The maximum absolute atomic E-state index is 4.77. The van der Waals surface area contributed by atoms with Gasteiger partial charge in [0.1, 0.15) is 0 Å². The minimum absolute atomic E-state index is 0.124. The Bertz CT molecular complexity index is 4280. The van der Waals surface area contributed by atoms with Crippen molar-refractivity contribution >= 4 is 43.4 Å². The predicted octanol–water partition coefficient (Wildman–Crippen LogP) is 28.3. The van der Waals surface area contributed by atoms with Crippen LogP contribution in [-0.4, -0.2) is 99.9 Å². The molecule has 0 spiro atoms. The fourth-order valence-corrected chi connectivity index (χ4v) is 13.5. The van der Waals surface area contributed by atoms with Gasteiger partial charge in [-0.1, -0.05) is 262 Å². The normalized spacial score (nSPS) is 13.0. The van der Waals surface area contributed by atoms with E-state index in [1.165, 1.54) is 103 Å². The molecule has 0 fully saturated rings. The number of aromatic amines is 1. The Hall–Kier alpha value is -7.04. The van der Waals surface area contributed by atoms with E-state index < -0.39 is 0 Å². The summed E-state index contributed by atoms with van der Waals surface area (Å²) in [6, 6.07) is 65.3. The van der Waals surface area contributed by atoms with E-state index in [4.69, 9.17) is 4.98 Å². The molecule has 8 heteroatoms. The summed E-state index contributed by atoms with van der Waals surface area (Å²) in [5, 5.41) is 8.23. The second kappa shape index (κ2) is 40.0. The fraction of sp³-hybridized carbons (Fsp3) is 0.538. The van der Waals surface area contributed by atoms with Crippen molar-refractivity contribution in [2.24, 2.45) is 27.1 Å². The van der Waals surface area contributed by atoms with E-state index in [1.54, 1.807) is 0 Å². The summed E-state index contributed by atoms with van der Waals surface area (Å²) in [5.41, 5.74) is 15.2. The first-order valence-electron chi connectivity index (χ1n) is 42.3. The van der Waals surface area contributed by atoms with Gasteiger partial charge in [0.2, 0.25) is 0 Å². The monoisotopic (exact) mass is 1520 g/mol. The summed E-state index contributed by atoms with van der Waals surface area (Å²) < 4.78 is 0. The van der Waals surface area contributed by atoms with Crippen LogP contribution in [0.1, 0.15) is 273 Å². The summed E-state index contributed by atoms with van der Waals surface area (Å²) >= 11 is 0. The van der Waals surface area contributed by atoms with Crippen molar-refractivity contribution in [2.45, 2.75) is 307 Å². The Labute approximate surface area is 684 Å². The molecule has 0 unspecified atom stereocenters. The Morgan fingerprint density at radius 2 is 0.616 bits per heavy atom. The van der Waals surface area contributed by atoms with Crippen LogP contribution < -0.4 is 0 Å². The number of nitrogens with one attached hydrogen (secondary N) is 1. The number of fused-ring (bicyclic) bond motifs is 4. The predicted molar refractivity (Wildman–Crippen MR) is 494 cm³/mol. The van der Waals surface area contributed by atoms with E-state index in [1.807, 2.05) is 42.7 Å². The smallest absolute Gasteiger partial charge is 0.0890 e. The summed E-state index contributed by atoms with van der Waals surface area (Å²) in [6.07, 6.45) is 9.92. The molecular weight excluding hydrogens is 1360 g/mol. The van der Waals surface area contributed by atoms with Crippen molar-refractivity contribution in [3.63, 3.8) is 0 Å². The summed E-state index contributed by atoms with van der Waals surface area (Å²) in [5.74, 6) is 0. The zero-order chi connectivity index (χ0) is 83.5. The highest BCUT2D eigenvalue weighted by Gasteiger charge is 2.30. The SMILES string of the molecule is CC(C)(C)CCN(Cc1ccc(-c2ccc[nH]2)cc1)C(C)(C)C.CC(C)(C)CCN(Cc1cccc2ccccc12)C(C)(C)C.CC(C)(C)CCN(Cc1cccc2ccccc12)C(C)(C)C.CC(C)(C)CCN(Cc1cnc2ccccc2n1)C(C)(C)C.Cc1ccc(CN(CCC(C)(C)C)C(C)(C)C)c2ccccc12. The molecule has 0 amide bonds. The average Bonchev–Trinajstić information content (AvgIpc) is 0.956. The van der Waals surface area contributed by atoms with Crippen molar-refractivity contribution in [3.8, 4) is 11.3 Å². The maximum Gasteiger partial charge on any atom is 0.0890 e. The number of benzene rings is 8. The highest BCUT2D eigenvalue weighted by atomic mass is 15.2. The van der Waals surface area contributed by atoms with E-state index in [9.17, 15) is 0 Å². The van der Waals surface area contributed by atoms with Gasteiger partial charge in [-0.3, -0.25) is 29.5 Å². The highest BCUT2D eigenvalue weighted by molar-refractivity contribution is 5.89. The van der Waals surface area contributed by atoms with Crippen molar-refractivity contribution in [1.29, 1.82) is 0 Å². The second-order valence-electron chi connectivity index (χ2n) is 43.0. The number of hydrogen-bond donors (Lipinski definition) is 1. The number of nitrogens with zero attached hydrogens (tertiary/aromatic N) is 7. The summed E-state index contributed by atoms with van der Waals surface area (Å²) in [7, 11) is 0. The van der Waals surface area contributed by atoms with Crippen LogP contribution in [0.3, 0.4) is 0 Å². The van der Waals surface area contributed by atoms with Crippen molar-refractivity contribution in [1.82, 2.24) is 39.5 Å². The zero-order valence-corrected chi connectivity index (χ0v) is 76.7. The fourth-order valence-electron chi connectivity index (χ4n) is 13.5. The van der Waals surface area contributed by atoms with E-state index in [0.29, 0.717) is 27.1 Å². The quantitative estimate of drug-likeness (QED) is 0.0769. The molecule has 0 saturated carbocycles. The van der Waals surface area contributed by atoms with Crippen LogP contribution >= 0.6 is 0 Å². The van der Waals surface area contributed by atoms with Gasteiger partial charge >= 0.3 is 0 Å². The van der Waals surface area contributed by atoms with Gasteiger partial charge in [0, 0.05) is 72.3 Å². The Balaban J connectivity index is 0.000000218. The topological polar surface area (TPSA) is 57.8 Å². The molecule has 612 valence electrons. The van der Waals surface area contributed by atoms with E-state index in [2.05, 4.69) is 401 Å². The van der Waals surface area contributed by atoms with Crippen LogP contribution in [0.2, 0.25) is 0 Å². The average molecular weight is 1520 g/mol. The molecule has 0 atom stereocenters. The van der Waals surface area contributed by atoms with E-state index in [0.717, 1.165) is 82.2 Å². The zero-order valence-electron chi connectivity index (χ0n) is 76.7. The van der Waals surface area contributed by atoms with Crippen molar-refractivity contribution in [2.75, 3.05) is 32.7 Å². The third kappa shape index (κ3) is 33.1. The van der Waals surface area contributed by atoms with Crippen molar-refractivity contribution in [3.05, 3.63) is 228 Å². The molecule has 112 heavy (non-hydrogen) atoms. The molecule has 1 N–H and O–H groups in total. The Morgan fingerprint density at radius 3 is 0.991 bits per heavy atom. The molecule has 8 aromatic carbocycles. The van der Waals surface area contributed by atoms with Gasteiger partial charge in [-0.05, 0) is 293 Å². The molecule has 8 nitrogen and oxygen atoms in total. The van der Waals surface area contributed by atoms with Crippen LogP contribution in [0.25, 0.3) is 54.6 Å². The molecule has 0 aliphatic heterocycles. The third-order valence-electron chi connectivity index (χ3n) is 21.6. The maximum atomic E-state index is 4.77. The van der Waals surface area contributed by atoms with Gasteiger partial charge in [0.05, 0.1) is 22.9 Å². The van der Waals surface area contributed by atoms with Crippen LogP contribution in [0.4, 0.5) is 0 Å². The Kier molecular flexibility index (Phi) is 33.5. The van der Waals surface area contributed by atoms with Gasteiger partial charge in [-0.15, -0.1) is 0 Å². The minimum atomic E-state index is 0.124. The van der Waals surface area contributed by atoms with Crippen LogP contribution in [-0.2, 0) is 32.7 Å². The number of aromatic nitrogens is 3. The molecule has 0 radical (unpaired) electrons. The molecule has 0 aliphatic carbocycles. The number of para-hydroxylation sites is 2. The summed E-state index contributed by atoms with van der Waals surface area (Å²) in [6.45, 7) is 82.1. The number of hydrogen-bond acceptors (Lipinski definition) is 7. The first-order valence-corrected chi connectivity index (χ1v) is 42.3. The van der Waals surface area contributed by atoms with Crippen LogP contribution in [0.15, 0.2) is 194 Å². The molecule has 10 rings (SSSR count). The van der Waals surface area contributed by atoms with Crippen LogP contribution in [0.5, 0.6) is 0 Å². The second-order valence-corrected chi connectivity index (χ2v) is 43.0. The molecule has 2 aromatic heterocycles. The summed E-state index contributed by atoms with van der Waals surface area (Å²) in [4.78, 5) is 25.5. The highest BCUT2D eigenvalue weighted by Crippen LogP contribution is 2.34. The first-order chi connectivity index (χ1) is 51.7.